The van der Waals surface area contributed by atoms with E-state index in [4.69, 9.17) is 4.74 Å². The van der Waals surface area contributed by atoms with E-state index in [9.17, 15) is 9.59 Å². The predicted molar refractivity (Wildman–Crippen MR) is 133 cm³/mol. The number of benzene rings is 1. The molecule has 3 N–H and O–H groups in total. The maximum atomic E-state index is 13.5. The number of nitrogens with one attached hydrogen (secondary N) is 3. The average Bonchev–Trinajstić information content (AvgIpc) is 3.10. The van der Waals surface area contributed by atoms with E-state index in [1.807, 2.05) is 31.2 Å². The number of ether oxygens (including phenoxy) is 1. The number of thiophene rings is 1. The van der Waals surface area contributed by atoms with Crippen LogP contribution in [0.25, 0.3) is 0 Å². The number of hydrogen-bond acceptors (Lipinski definition) is 4. The van der Waals surface area contributed by atoms with E-state index in [1.165, 1.54) is 9.78 Å². The number of carbonyl (C=O) groups excluding carboxylic acids is 2. The SMILES string of the molecule is Cc1cccc(NC(=O)c2c(NC(=O)C[NH+]3CCOCC3)sc3c2CC[C@@H](C(C)(C)C)C3)c1. The molecular formula is C26H36N3O3S+. The van der Waals surface area contributed by atoms with Gasteiger partial charge in [-0.05, 0) is 60.8 Å². The van der Waals surface area contributed by atoms with Crippen LogP contribution in [0.2, 0.25) is 0 Å². The highest BCUT2D eigenvalue weighted by Gasteiger charge is 2.34. The Morgan fingerprint density at radius 1 is 1.18 bits per heavy atom. The molecule has 1 saturated heterocycles. The molecule has 178 valence electrons. The summed E-state index contributed by atoms with van der Waals surface area (Å²) < 4.78 is 5.40. The number of fused-ring (bicyclic) bond motifs is 1. The third-order valence-electron chi connectivity index (χ3n) is 6.86. The average molecular weight is 471 g/mol. The summed E-state index contributed by atoms with van der Waals surface area (Å²) in [6.07, 6.45) is 2.89. The first-order valence-corrected chi connectivity index (χ1v) is 12.8. The van der Waals surface area contributed by atoms with Gasteiger partial charge in [0.15, 0.2) is 6.54 Å². The van der Waals surface area contributed by atoms with Crippen molar-refractivity contribution >= 4 is 33.8 Å². The lowest BCUT2D eigenvalue weighted by atomic mass is 9.72. The molecule has 0 bridgehead atoms. The van der Waals surface area contributed by atoms with Crippen LogP contribution in [0, 0.1) is 18.3 Å². The van der Waals surface area contributed by atoms with Crippen molar-refractivity contribution in [3.63, 3.8) is 0 Å². The molecule has 4 rings (SSSR count). The molecule has 0 unspecified atom stereocenters. The first-order valence-electron chi connectivity index (χ1n) is 11.9. The molecule has 0 radical (unpaired) electrons. The van der Waals surface area contributed by atoms with Crippen molar-refractivity contribution < 1.29 is 19.2 Å². The molecule has 1 fully saturated rings. The highest BCUT2D eigenvalue weighted by atomic mass is 32.1. The van der Waals surface area contributed by atoms with Crippen molar-refractivity contribution in [2.24, 2.45) is 11.3 Å². The Hall–Kier alpha value is -2.22. The Morgan fingerprint density at radius 2 is 1.94 bits per heavy atom. The summed E-state index contributed by atoms with van der Waals surface area (Å²) in [7, 11) is 0. The molecule has 1 aliphatic carbocycles. The summed E-state index contributed by atoms with van der Waals surface area (Å²) in [5, 5.41) is 6.86. The van der Waals surface area contributed by atoms with E-state index in [2.05, 4.69) is 31.4 Å². The molecule has 1 aromatic carbocycles. The predicted octanol–water partition coefficient (Wildman–Crippen LogP) is 3.31. The van der Waals surface area contributed by atoms with Crippen LogP contribution in [-0.2, 0) is 22.4 Å². The van der Waals surface area contributed by atoms with Crippen LogP contribution in [0.5, 0.6) is 0 Å². The number of rotatable bonds is 5. The fourth-order valence-corrected chi connectivity index (χ4v) is 6.15. The first-order chi connectivity index (χ1) is 15.7. The maximum absolute atomic E-state index is 13.5. The topological polar surface area (TPSA) is 71.9 Å². The van der Waals surface area contributed by atoms with Gasteiger partial charge in [-0.1, -0.05) is 32.9 Å². The molecule has 0 spiro atoms. The number of anilines is 2. The van der Waals surface area contributed by atoms with E-state index in [0.717, 1.165) is 49.2 Å². The van der Waals surface area contributed by atoms with E-state index in [1.54, 1.807) is 11.3 Å². The summed E-state index contributed by atoms with van der Waals surface area (Å²) in [5.41, 5.74) is 3.84. The standard InChI is InChI=1S/C26H35N3O3S/c1-17-6-5-7-19(14-17)27-24(31)23-20-9-8-18(26(2,3)4)15-21(20)33-25(23)28-22(30)16-29-10-12-32-13-11-29/h5-7,14,18H,8-13,15-16H2,1-4H3,(H,27,31)(H,28,30)/p+1/t18-/m1/s1. The second-order valence-electron chi connectivity index (χ2n) is 10.4. The van der Waals surface area contributed by atoms with Gasteiger partial charge in [-0.15, -0.1) is 11.3 Å². The van der Waals surface area contributed by atoms with Crippen LogP contribution < -0.4 is 15.5 Å². The maximum Gasteiger partial charge on any atom is 0.280 e. The number of hydrogen-bond donors (Lipinski definition) is 3. The smallest absolute Gasteiger partial charge is 0.280 e. The molecule has 1 atom stereocenters. The zero-order valence-corrected chi connectivity index (χ0v) is 21.0. The molecule has 2 aromatic rings. The second-order valence-corrected chi connectivity index (χ2v) is 11.5. The second kappa shape index (κ2) is 9.95. The van der Waals surface area contributed by atoms with Gasteiger partial charge in [-0.3, -0.25) is 9.59 Å². The van der Waals surface area contributed by atoms with E-state index >= 15 is 0 Å². The van der Waals surface area contributed by atoms with Gasteiger partial charge in [-0.2, -0.15) is 0 Å². The van der Waals surface area contributed by atoms with Crippen LogP contribution in [0.15, 0.2) is 24.3 Å². The molecule has 2 aliphatic rings. The largest absolute Gasteiger partial charge is 0.370 e. The van der Waals surface area contributed by atoms with Gasteiger partial charge in [0.25, 0.3) is 11.8 Å². The Kier molecular flexibility index (Phi) is 7.22. The Morgan fingerprint density at radius 3 is 2.64 bits per heavy atom. The third kappa shape index (κ3) is 5.83. The summed E-state index contributed by atoms with van der Waals surface area (Å²) in [4.78, 5) is 28.8. The van der Waals surface area contributed by atoms with Crippen LogP contribution in [0.3, 0.4) is 0 Å². The van der Waals surface area contributed by atoms with Crippen LogP contribution in [0.4, 0.5) is 10.7 Å². The monoisotopic (exact) mass is 470 g/mol. The van der Waals surface area contributed by atoms with Crippen molar-refractivity contribution in [1.29, 1.82) is 0 Å². The molecular weight excluding hydrogens is 434 g/mol. The number of amides is 2. The number of morpholine rings is 1. The summed E-state index contributed by atoms with van der Waals surface area (Å²) >= 11 is 1.59. The molecule has 7 heteroatoms. The summed E-state index contributed by atoms with van der Waals surface area (Å²) in [6, 6.07) is 7.82. The molecule has 33 heavy (non-hydrogen) atoms. The van der Waals surface area contributed by atoms with Crippen LogP contribution >= 0.6 is 11.3 Å². The van der Waals surface area contributed by atoms with Gasteiger partial charge < -0.3 is 20.3 Å². The zero-order chi connectivity index (χ0) is 23.6. The Balaban J connectivity index is 1.59. The zero-order valence-electron chi connectivity index (χ0n) is 20.2. The number of aryl methyl sites for hydroxylation is 1. The molecule has 0 saturated carbocycles. The Bertz CT molecular complexity index is 1020. The molecule has 2 heterocycles. The minimum Gasteiger partial charge on any atom is -0.370 e. The number of carbonyl (C=O) groups is 2. The van der Waals surface area contributed by atoms with Gasteiger partial charge in [0.2, 0.25) is 0 Å². The van der Waals surface area contributed by atoms with Crippen molar-refractivity contribution in [2.75, 3.05) is 43.5 Å². The van der Waals surface area contributed by atoms with E-state index < -0.39 is 0 Å². The molecule has 2 amide bonds. The van der Waals surface area contributed by atoms with Gasteiger partial charge in [-0.25, -0.2) is 0 Å². The molecule has 1 aliphatic heterocycles. The lowest BCUT2D eigenvalue weighted by Gasteiger charge is -2.33. The lowest BCUT2D eigenvalue weighted by molar-refractivity contribution is -0.899. The van der Waals surface area contributed by atoms with Gasteiger partial charge in [0.05, 0.1) is 18.8 Å². The van der Waals surface area contributed by atoms with E-state index in [0.29, 0.717) is 36.2 Å². The highest BCUT2D eigenvalue weighted by molar-refractivity contribution is 7.17. The van der Waals surface area contributed by atoms with Gasteiger partial charge >= 0.3 is 0 Å². The fraction of sp³-hybridized carbons (Fsp3) is 0.538. The van der Waals surface area contributed by atoms with E-state index in [-0.39, 0.29) is 17.2 Å². The van der Waals surface area contributed by atoms with Crippen molar-refractivity contribution in [3.05, 3.63) is 45.8 Å². The molecule has 6 nitrogen and oxygen atoms in total. The van der Waals surface area contributed by atoms with Crippen molar-refractivity contribution in [2.45, 2.75) is 47.0 Å². The van der Waals surface area contributed by atoms with Gasteiger partial charge in [0, 0.05) is 10.6 Å². The normalized spacial score (nSPS) is 19.1. The third-order valence-corrected chi connectivity index (χ3v) is 8.03. The number of quaternary nitrogens is 1. The van der Waals surface area contributed by atoms with Gasteiger partial charge in [0.1, 0.15) is 18.1 Å². The lowest BCUT2D eigenvalue weighted by Crippen LogP contribution is -3.15. The van der Waals surface area contributed by atoms with Crippen LogP contribution in [-0.4, -0.2) is 44.7 Å². The van der Waals surface area contributed by atoms with Crippen molar-refractivity contribution in [3.8, 4) is 0 Å². The Labute approximate surface area is 200 Å². The van der Waals surface area contributed by atoms with Crippen LogP contribution in [0.1, 0.15) is 53.6 Å². The first kappa shape index (κ1) is 23.9. The summed E-state index contributed by atoms with van der Waals surface area (Å²) in [5.74, 6) is 0.390. The molecule has 1 aromatic heterocycles. The minimum absolute atomic E-state index is 0.0394. The van der Waals surface area contributed by atoms with Crippen molar-refractivity contribution in [1.82, 2.24) is 0 Å². The quantitative estimate of drug-likeness (QED) is 0.628. The summed E-state index contributed by atoms with van der Waals surface area (Å²) in [6.45, 7) is 12.3. The highest BCUT2D eigenvalue weighted by Crippen LogP contribution is 2.44. The minimum atomic E-state index is -0.138. The fourth-order valence-electron chi connectivity index (χ4n) is 4.80.